The molecule has 0 bridgehead atoms. The molecule has 0 radical (unpaired) electrons. The molecule has 0 spiro atoms. The van der Waals surface area contributed by atoms with Crippen molar-refractivity contribution in [2.24, 2.45) is 0 Å². The summed E-state index contributed by atoms with van der Waals surface area (Å²) in [5, 5.41) is 0. The molecule has 5 heteroatoms. The largest absolute Gasteiger partial charge is 0.513 e. The Kier molecular flexibility index (Phi) is 17.0. The summed E-state index contributed by atoms with van der Waals surface area (Å²) in [6, 6.07) is 0. The fraction of sp³-hybridized carbons (Fsp3) is 1.00. The SMILES string of the molecule is CCCCCCCCCOP(=O)(F)OCCCCCCCCC. The topological polar surface area (TPSA) is 35.5 Å². The Bertz CT molecular complexity index is 263. The van der Waals surface area contributed by atoms with Crippen LogP contribution in [-0.4, -0.2) is 13.2 Å². The van der Waals surface area contributed by atoms with Gasteiger partial charge in [-0.15, -0.1) is 4.20 Å². The second kappa shape index (κ2) is 16.9. The standard InChI is InChI=1S/C18H38FO3P/c1-3-5-7-9-11-13-15-17-21-23(19,20)22-18-16-14-12-10-8-6-4-2/h3-18H2,1-2H3. The molecule has 0 aliphatic carbocycles. The summed E-state index contributed by atoms with van der Waals surface area (Å²) < 4.78 is 34.6. The molecule has 0 rings (SSSR count). The van der Waals surface area contributed by atoms with E-state index in [4.69, 9.17) is 9.05 Å². The van der Waals surface area contributed by atoms with Crippen molar-refractivity contribution >= 4 is 7.91 Å². The van der Waals surface area contributed by atoms with Crippen LogP contribution in [0.1, 0.15) is 104 Å². The van der Waals surface area contributed by atoms with Crippen LogP contribution < -0.4 is 0 Å². The molecule has 0 aliphatic heterocycles. The zero-order valence-corrected chi connectivity index (χ0v) is 16.3. The summed E-state index contributed by atoms with van der Waals surface area (Å²) in [6.45, 7) is 4.77. The summed E-state index contributed by atoms with van der Waals surface area (Å²) >= 11 is 0. The molecule has 0 aromatic rings. The molecule has 0 heterocycles. The minimum atomic E-state index is -4.32. The molecule has 0 amide bonds. The third-order valence-electron chi connectivity index (χ3n) is 3.99. The van der Waals surface area contributed by atoms with Crippen molar-refractivity contribution in [3.05, 3.63) is 0 Å². The molecule has 0 atom stereocenters. The van der Waals surface area contributed by atoms with Gasteiger partial charge < -0.3 is 0 Å². The maximum Gasteiger partial charge on any atom is 0.513 e. The van der Waals surface area contributed by atoms with Gasteiger partial charge in [-0.05, 0) is 12.8 Å². The van der Waals surface area contributed by atoms with Crippen molar-refractivity contribution in [2.75, 3.05) is 13.2 Å². The third kappa shape index (κ3) is 18.3. The van der Waals surface area contributed by atoms with Gasteiger partial charge in [0.05, 0.1) is 13.2 Å². The van der Waals surface area contributed by atoms with Crippen molar-refractivity contribution < 1.29 is 17.8 Å². The van der Waals surface area contributed by atoms with E-state index in [0.717, 1.165) is 38.5 Å². The quantitative estimate of drug-likeness (QED) is 0.188. The first-order chi connectivity index (χ1) is 11.1. The Morgan fingerprint density at radius 2 is 0.913 bits per heavy atom. The van der Waals surface area contributed by atoms with E-state index in [-0.39, 0.29) is 13.2 Å². The van der Waals surface area contributed by atoms with Gasteiger partial charge in [-0.1, -0.05) is 90.9 Å². The molecule has 0 unspecified atom stereocenters. The van der Waals surface area contributed by atoms with E-state index in [1.807, 2.05) is 0 Å². The fourth-order valence-corrected chi connectivity index (χ4v) is 3.27. The summed E-state index contributed by atoms with van der Waals surface area (Å²) in [6.07, 6.45) is 15.8. The van der Waals surface area contributed by atoms with Crippen LogP contribution in [0, 0.1) is 0 Å². The van der Waals surface area contributed by atoms with Crippen molar-refractivity contribution in [1.82, 2.24) is 0 Å². The zero-order chi connectivity index (χ0) is 17.2. The molecule has 23 heavy (non-hydrogen) atoms. The van der Waals surface area contributed by atoms with Crippen LogP contribution in [0.2, 0.25) is 0 Å². The van der Waals surface area contributed by atoms with Crippen LogP contribution in [0.3, 0.4) is 0 Å². The minimum Gasteiger partial charge on any atom is -0.284 e. The Morgan fingerprint density at radius 3 is 1.26 bits per heavy atom. The smallest absolute Gasteiger partial charge is 0.284 e. The van der Waals surface area contributed by atoms with Crippen LogP contribution in [-0.2, 0) is 13.6 Å². The minimum absolute atomic E-state index is 0.193. The third-order valence-corrected chi connectivity index (χ3v) is 4.97. The number of unbranched alkanes of at least 4 members (excludes halogenated alkanes) is 12. The number of hydrogen-bond donors (Lipinski definition) is 0. The molecule has 0 fully saturated rings. The maximum atomic E-state index is 13.6. The summed E-state index contributed by atoms with van der Waals surface area (Å²) in [7, 11) is -4.32. The monoisotopic (exact) mass is 352 g/mol. The lowest BCUT2D eigenvalue weighted by molar-refractivity contribution is 0.169. The van der Waals surface area contributed by atoms with E-state index in [2.05, 4.69) is 13.8 Å². The lowest BCUT2D eigenvalue weighted by atomic mass is 10.1. The molecule has 0 aromatic carbocycles. The Labute approximate surface area is 143 Å². The first-order valence-electron chi connectivity index (χ1n) is 9.71. The Morgan fingerprint density at radius 1 is 0.609 bits per heavy atom. The second-order valence-electron chi connectivity index (χ2n) is 6.34. The van der Waals surface area contributed by atoms with Gasteiger partial charge in [-0.25, -0.2) is 4.57 Å². The summed E-state index contributed by atoms with van der Waals surface area (Å²) in [5.41, 5.74) is 0. The van der Waals surface area contributed by atoms with Crippen LogP contribution >= 0.6 is 7.91 Å². The van der Waals surface area contributed by atoms with E-state index < -0.39 is 7.91 Å². The van der Waals surface area contributed by atoms with Gasteiger partial charge in [0.2, 0.25) is 0 Å². The first-order valence-corrected chi connectivity index (χ1v) is 11.1. The lowest BCUT2D eigenvalue weighted by Crippen LogP contribution is -1.96. The zero-order valence-electron chi connectivity index (χ0n) is 15.4. The highest BCUT2D eigenvalue weighted by atomic mass is 31.2. The van der Waals surface area contributed by atoms with Gasteiger partial charge in [0.1, 0.15) is 0 Å². The average molecular weight is 352 g/mol. The van der Waals surface area contributed by atoms with Crippen LogP contribution in [0.5, 0.6) is 0 Å². The van der Waals surface area contributed by atoms with E-state index >= 15 is 0 Å². The molecule has 3 nitrogen and oxygen atoms in total. The van der Waals surface area contributed by atoms with Crippen LogP contribution in [0.4, 0.5) is 4.20 Å². The summed E-state index contributed by atoms with van der Waals surface area (Å²) in [4.78, 5) is 0. The van der Waals surface area contributed by atoms with Crippen LogP contribution in [0.25, 0.3) is 0 Å². The molecule has 0 aliphatic rings. The fourth-order valence-electron chi connectivity index (χ4n) is 2.50. The van der Waals surface area contributed by atoms with Gasteiger partial charge in [-0.3, -0.25) is 9.05 Å². The van der Waals surface area contributed by atoms with E-state index in [9.17, 15) is 8.76 Å². The van der Waals surface area contributed by atoms with E-state index in [0.29, 0.717) is 0 Å². The number of hydrogen-bond acceptors (Lipinski definition) is 3. The van der Waals surface area contributed by atoms with Crippen molar-refractivity contribution in [2.45, 2.75) is 104 Å². The molecular formula is C18H38FO3P. The van der Waals surface area contributed by atoms with Gasteiger partial charge in [0.15, 0.2) is 0 Å². The number of halogens is 1. The van der Waals surface area contributed by atoms with Gasteiger partial charge in [0, 0.05) is 0 Å². The average Bonchev–Trinajstić information content (AvgIpc) is 2.52. The van der Waals surface area contributed by atoms with Gasteiger partial charge in [-0.2, -0.15) is 0 Å². The molecule has 0 saturated heterocycles. The van der Waals surface area contributed by atoms with Gasteiger partial charge >= 0.3 is 7.91 Å². The highest BCUT2D eigenvalue weighted by Gasteiger charge is 2.22. The molecule has 140 valence electrons. The molecule has 0 aromatic heterocycles. The first kappa shape index (κ1) is 23.1. The lowest BCUT2D eigenvalue weighted by Gasteiger charge is -2.10. The number of rotatable bonds is 18. The van der Waals surface area contributed by atoms with Gasteiger partial charge in [0.25, 0.3) is 0 Å². The second-order valence-corrected chi connectivity index (χ2v) is 7.72. The highest BCUT2D eigenvalue weighted by Crippen LogP contribution is 2.50. The van der Waals surface area contributed by atoms with Crippen LogP contribution in [0.15, 0.2) is 0 Å². The molecule has 0 N–H and O–H groups in total. The maximum absolute atomic E-state index is 13.6. The molecule has 0 saturated carbocycles. The van der Waals surface area contributed by atoms with Crippen molar-refractivity contribution in [1.29, 1.82) is 0 Å². The highest BCUT2D eigenvalue weighted by molar-refractivity contribution is 7.48. The molecular weight excluding hydrogens is 314 g/mol. The van der Waals surface area contributed by atoms with E-state index in [1.165, 1.54) is 51.4 Å². The predicted molar refractivity (Wildman–Crippen MR) is 96.6 cm³/mol. The van der Waals surface area contributed by atoms with Crippen molar-refractivity contribution in [3.8, 4) is 0 Å². The Hall–Kier alpha value is 0.0800. The van der Waals surface area contributed by atoms with E-state index in [1.54, 1.807) is 0 Å². The normalized spacial score (nSPS) is 12.0. The predicted octanol–water partition coefficient (Wildman–Crippen LogP) is 7.60. The van der Waals surface area contributed by atoms with Crippen molar-refractivity contribution in [3.63, 3.8) is 0 Å². The Balaban J connectivity index is 3.35. The summed E-state index contributed by atoms with van der Waals surface area (Å²) in [5.74, 6) is 0.